The van der Waals surface area contributed by atoms with Crippen molar-refractivity contribution in [3.05, 3.63) is 35.9 Å². The highest BCUT2D eigenvalue weighted by Gasteiger charge is 2.33. The molecule has 0 amide bonds. The van der Waals surface area contributed by atoms with Crippen LogP contribution >= 0.6 is 0 Å². The molecule has 1 aromatic rings. The molecular weight excluding hydrogens is 284 g/mol. The van der Waals surface area contributed by atoms with E-state index in [0.717, 1.165) is 26.1 Å². The fraction of sp³-hybridized carbons (Fsp3) is 0.625. The van der Waals surface area contributed by atoms with Crippen molar-refractivity contribution in [2.75, 3.05) is 31.6 Å². The molecule has 1 heterocycles. The standard InChI is InChI=1S/C16H26N2O2S/c1-14(12-21(3,19)20)18-11-7-10-17-16(2,13-18)15-8-5-4-6-9-15/h4-6,8-9,14,17H,7,10-13H2,1-3H3. The third kappa shape index (κ3) is 4.53. The van der Waals surface area contributed by atoms with Crippen LogP contribution in [0.4, 0.5) is 0 Å². The third-order valence-corrected chi connectivity index (χ3v) is 5.32. The van der Waals surface area contributed by atoms with Crippen LogP contribution < -0.4 is 5.32 Å². The first-order valence-electron chi connectivity index (χ1n) is 7.52. The predicted octanol–water partition coefficient (Wildman–Crippen LogP) is 1.63. The molecule has 1 N–H and O–H groups in total. The minimum atomic E-state index is -2.95. The van der Waals surface area contributed by atoms with E-state index in [-0.39, 0.29) is 17.3 Å². The largest absolute Gasteiger partial charge is 0.307 e. The second-order valence-corrected chi connectivity index (χ2v) is 8.58. The van der Waals surface area contributed by atoms with Crippen LogP contribution in [0.3, 0.4) is 0 Å². The predicted molar refractivity (Wildman–Crippen MR) is 87.2 cm³/mol. The average molecular weight is 310 g/mol. The van der Waals surface area contributed by atoms with Crippen molar-refractivity contribution in [3.63, 3.8) is 0 Å². The molecule has 1 saturated heterocycles. The Balaban J connectivity index is 2.18. The van der Waals surface area contributed by atoms with Gasteiger partial charge < -0.3 is 5.32 Å². The summed E-state index contributed by atoms with van der Waals surface area (Å²) < 4.78 is 23.1. The molecule has 2 unspecified atom stereocenters. The molecule has 21 heavy (non-hydrogen) atoms. The van der Waals surface area contributed by atoms with Crippen LogP contribution in [0.2, 0.25) is 0 Å². The van der Waals surface area contributed by atoms with Gasteiger partial charge >= 0.3 is 0 Å². The number of nitrogens with one attached hydrogen (secondary N) is 1. The molecule has 0 radical (unpaired) electrons. The van der Waals surface area contributed by atoms with Gasteiger partial charge in [0.1, 0.15) is 9.84 Å². The van der Waals surface area contributed by atoms with Crippen LogP contribution in [0.1, 0.15) is 25.8 Å². The third-order valence-electron chi connectivity index (χ3n) is 4.23. The number of benzene rings is 1. The quantitative estimate of drug-likeness (QED) is 0.918. The summed E-state index contributed by atoms with van der Waals surface area (Å²) in [6.45, 7) is 6.93. The van der Waals surface area contributed by atoms with Gasteiger partial charge in [0.25, 0.3) is 0 Å². The molecule has 2 atom stereocenters. The molecule has 2 rings (SSSR count). The first kappa shape index (κ1) is 16.5. The second-order valence-electron chi connectivity index (χ2n) is 6.39. The molecule has 0 aromatic heterocycles. The van der Waals surface area contributed by atoms with Crippen LogP contribution in [0.15, 0.2) is 30.3 Å². The monoisotopic (exact) mass is 310 g/mol. The van der Waals surface area contributed by atoms with E-state index in [1.54, 1.807) is 0 Å². The van der Waals surface area contributed by atoms with Gasteiger partial charge in [-0.15, -0.1) is 0 Å². The minimum absolute atomic E-state index is 0.0444. The minimum Gasteiger partial charge on any atom is -0.307 e. The Labute approximate surface area is 128 Å². The van der Waals surface area contributed by atoms with Gasteiger partial charge in [-0.05, 0) is 38.9 Å². The Morgan fingerprint density at radius 3 is 2.62 bits per heavy atom. The zero-order valence-electron chi connectivity index (χ0n) is 13.2. The number of hydrogen-bond acceptors (Lipinski definition) is 4. The summed E-state index contributed by atoms with van der Waals surface area (Å²) >= 11 is 0. The molecule has 4 nitrogen and oxygen atoms in total. The molecule has 5 heteroatoms. The van der Waals surface area contributed by atoms with Crippen molar-refractivity contribution < 1.29 is 8.42 Å². The Hall–Kier alpha value is -0.910. The van der Waals surface area contributed by atoms with Gasteiger partial charge in [0.2, 0.25) is 0 Å². The van der Waals surface area contributed by atoms with Crippen LogP contribution in [-0.2, 0) is 15.4 Å². The Morgan fingerprint density at radius 1 is 1.33 bits per heavy atom. The van der Waals surface area contributed by atoms with Crippen molar-refractivity contribution >= 4 is 9.84 Å². The Kier molecular flexibility index (Phi) is 5.07. The summed E-state index contributed by atoms with van der Waals surface area (Å²) in [5, 5.41) is 3.63. The lowest BCUT2D eigenvalue weighted by Gasteiger charge is -2.36. The maximum Gasteiger partial charge on any atom is 0.148 e. The van der Waals surface area contributed by atoms with Gasteiger partial charge in [0.15, 0.2) is 0 Å². The van der Waals surface area contributed by atoms with Crippen LogP contribution in [0.25, 0.3) is 0 Å². The van der Waals surface area contributed by atoms with Crippen molar-refractivity contribution in [1.29, 1.82) is 0 Å². The fourth-order valence-electron chi connectivity index (χ4n) is 3.11. The summed E-state index contributed by atoms with van der Waals surface area (Å²) in [6, 6.07) is 10.4. The van der Waals surface area contributed by atoms with Gasteiger partial charge in [0, 0.05) is 18.8 Å². The fourth-order valence-corrected chi connectivity index (χ4v) is 4.19. The first-order valence-corrected chi connectivity index (χ1v) is 9.58. The highest BCUT2D eigenvalue weighted by atomic mass is 32.2. The number of nitrogens with zero attached hydrogens (tertiary/aromatic N) is 1. The van der Waals surface area contributed by atoms with E-state index in [0.29, 0.717) is 0 Å². The van der Waals surface area contributed by atoms with Gasteiger partial charge in [-0.1, -0.05) is 30.3 Å². The maximum atomic E-state index is 11.6. The normalized spacial score (nSPS) is 26.2. The lowest BCUT2D eigenvalue weighted by Crippen LogP contribution is -2.49. The summed E-state index contributed by atoms with van der Waals surface area (Å²) in [7, 11) is -2.95. The van der Waals surface area contributed by atoms with E-state index in [2.05, 4.69) is 41.4 Å². The molecular formula is C16H26N2O2S. The Bertz CT molecular complexity index is 559. The van der Waals surface area contributed by atoms with E-state index >= 15 is 0 Å². The smallest absolute Gasteiger partial charge is 0.148 e. The number of rotatable bonds is 4. The maximum absolute atomic E-state index is 11.6. The first-order chi connectivity index (χ1) is 9.80. The van der Waals surface area contributed by atoms with Crippen molar-refractivity contribution in [3.8, 4) is 0 Å². The molecule has 1 aromatic carbocycles. The highest BCUT2D eigenvalue weighted by Crippen LogP contribution is 2.25. The van der Waals surface area contributed by atoms with Gasteiger partial charge in [-0.3, -0.25) is 4.90 Å². The zero-order chi connectivity index (χ0) is 15.5. The molecule has 1 fully saturated rings. The van der Waals surface area contributed by atoms with Gasteiger partial charge in [-0.2, -0.15) is 0 Å². The van der Waals surface area contributed by atoms with E-state index in [4.69, 9.17) is 0 Å². The van der Waals surface area contributed by atoms with E-state index < -0.39 is 9.84 Å². The van der Waals surface area contributed by atoms with Gasteiger partial charge in [-0.25, -0.2) is 8.42 Å². The van der Waals surface area contributed by atoms with Crippen molar-refractivity contribution in [2.24, 2.45) is 0 Å². The molecule has 0 saturated carbocycles. The van der Waals surface area contributed by atoms with E-state index in [9.17, 15) is 8.42 Å². The zero-order valence-corrected chi connectivity index (χ0v) is 14.0. The van der Waals surface area contributed by atoms with Crippen LogP contribution in [-0.4, -0.2) is 51.0 Å². The highest BCUT2D eigenvalue weighted by molar-refractivity contribution is 7.90. The molecule has 1 aliphatic heterocycles. The number of sulfone groups is 1. The van der Waals surface area contributed by atoms with Gasteiger partial charge in [0.05, 0.1) is 11.3 Å². The average Bonchev–Trinajstić information content (AvgIpc) is 2.61. The molecule has 0 aliphatic carbocycles. The lowest BCUT2D eigenvalue weighted by molar-refractivity contribution is 0.183. The van der Waals surface area contributed by atoms with E-state index in [1.807, 2.05) is 13.0 Å². The second kappa shape index (κ2) is 6.46. The summed E-state index contributed by atoms with van der Waals surface area (Å²) in [4.78, 5) is 2.30. The molecule has 118 valence electrons. The van der Waals surface area contributed by atoms with Crippen molar-refractivity contribution in [1.82, 2.24) is 10.2 Å². The summed E-state index contributed by atoms with van der Waals surface area (Å²) in [5.74, 6) is 0.220. The van der Waals surface area contributed by atoms with E-state index in [1.165, 1.54) is 11.8 Å². The topological polar surface area (TPSA) is 49.4 Å². The summed E-state index contributed by atoms with van der Waals surface area (Å²) in [5.41, 5.74) is 1.12. The molecule has 0 spiro atoms. The van der Waals surface area contributed by atoms with Crippen LogP contribution in [0, 0.1) is 0 Å². The summed E-state index contributed by atoms with van der Waals surface area (Å²) in [6.07, 6.45) is 2.35. The Morgan fingerprint density at radius 2 is 2.00 bits per heavy atom. The number of hydrogen-bond donors (Lipinski definition) is 1. The SMILES string of the molecule is CC(CS(C)(=O)=O)N1CCCNC(C)(c2ccccc2)C1. The molecule has 1 aliphatic rings. The van der Waals surface area contributed by atoms with Crippen LogP contribution in [0.5, 0.6) is 0 Å². The lowest BCUT2D eigenvalue weighted by atomic mass is 9.91. The molecule has 0 bridgehead atoms. The van der Waals surface area contributed by atoms with Crippen molar-refractivity contribution in [2.45, 2.75) is 31.8 Å².